The number of carbonyl (C=O) groups is 3. The summed E-state index contributed by atoms with van der Waals surface area (Å²) in [5.41, 5.74) is 8.24. The molecule has 3 aliphatic rings. The maximum absolute atomic E-state index is 13.8. The second-order valence-electron chi connectivity index (χ2n) is 8.25. The van der Waals surface area contributed by atoms with Crippen LogP contribution in [0.3, 0.4) is 0 Å². The molecule has 3 heterocycles. The van der Waals surface area contributed by atoms with E-state index in [2.05, 4.69) is 0 Å². The Morgan fingerprint density at radius 2 is 1.55 bits per heavy atom. The summed E-state index contributed by atoms with van der Waals surface area (Å²) in [4.78, 5) is 43.0. The molecule has 4 atom stereocenters. The third kappa shape index (κ3) is 2.30. The van der Waals surface area contributed by atoms with Gasteiger partial charge in [0.1, 0.15) is 6.04 Å². The maximum Gasteiger partial charge on any atom is 0.240 e. The number of nitrogens with zero attached hydrogens (tertiary/aromatic N) is 2. The number of anilines is 1. The van der Waals surface area contributed by atoms with Crippen molar-refractivity contribution in [2.75, 3.05) is 4.90 Å². The molecule has 0 aliphatic carbocycles. The Morgan fingerprint density at radius 1 is 0.839 bits per heavy atom. The molecule has 152 valence electrons. The molecule has 6 nitrogen and oxygen atoms in total. The van der Waals surface area contributed by atoms with Crippen molar-refractivity contribution in [3.05, 3.63) is 84.1 Å². The molecular weight excluding hydrogens is 390 g/mol. The highest BCUT2D eigenvalue weighted by Crippen LogP contribution is 2.53. The number of rotatable bonds is 2. The molecule has 3 aromatic rings. The highest BCUT2D eigenvalue weighted by atomic mass is 16.2. The zero-order valence-corrected chi connectivity index (χ0v) is 16.5. The topological polar surface area (TPSA) is 83.7 Å². The third-order valence-corrected chi connectivity index (χ3v) is 6.76. The van der Waals surface area contributed by atoms with Crippen molar-refractivity contribution < 1.29 is 14.4 Å². The summed E-state index contributed by atoms with van der Waals surface area (Å²) in [7, 11) is 0. The number of amides is 3. The van der Waals surface area contributed by atoms with Crippen molar-refractivity contribution in [3.63, 3.8) is 0 Å². The molecule has 31 heavy (non-hydrogen) atoms. The number of benzene rings is 3. The molecule has 3 aliphatic heterocycles. The van der Waals surface area contributed by atoms with Crippen molar-refractivity contribution in [2.24, 2.45) is 17.6 Å². The van der Waals surface area contributed by atoms with E-state index >= 15 is 0 Å². The van der Waals surface area contributed by atoms with Crippen LogP contribution in [0.2, 0.25) is 0 Å². The number of hydrogen-bond donors (Lipinski definition) is 1. The van der Waals surface area contributed by atoms with E-state index in [0.29, 0.717) is 5.69 Å². The number of fused-ring (bicyclic) bond motifs is 6. The summed E-state index contributed by atoms with van der Waals surface area (Å²) >= 11 is 0. The van der Waals surface area contributed by atoms with Crippen molar-refractivity contribution in [1.29, 1.82) is 0 Å². The van der Waals surface area contributed by atoms with Crippen LogP contribution in [0.25, 0.3) is 16.8 Å². The van der Waals surface area contributed by atoms with Crippen LogP contribution >= 0.6 is 0 Å². The van der Waals surface area contributed by atoms with Crippen molar-refractivity contribution in [2.45, 2.75) is 12.1 Å². The van der Waals surface area contributed by atoms with Gasteiger partial charge in [-0.05, 0) is 28.7 Å². The van der Waals surface area contributed by atoms with E-state index in [0.717, 1.165) is 21.9 Å². The van der Waals surface area contributed by atoms with Crippen LogP contribution in [0, 0.1) is 11.8 Å². The van der Waals surface area contributed by atoms with Gasteiger partial charge in [-0.15, -0.1) is 0 Å². The first-order valence-corrected chi connectivity index (χ1v) is 10.3. The highest BCUT2D eigenvalue weighted by Gasteiger charge is 2.64. The first-order valence-electron chi connectivity index (χ1n) is 10.3. The number of imide groups is 1. The minimum Gasteiger partial charge on any atom is -0.368 e. The number of nitrogens with two attached hydrogens (primary N) is 1. The molecule has 6 rings (SSSR count). The first-order chi connectivity index (χ1) is 15.1. The van der Waals surface area contributed by atoms with Crippen LogP contribution in [0.4, 0.5) is 5.69 Å². The Bertz CT molecular complexity index is 1310. The Morgan fingerprint density at radius 3 is 2.39 bits per heavy atom. The predicted molar refractivity (Wildman–Crippen MR) is 116 cm³/mol. The fourth-order valence-corrected chi connectivity index (χ4v) is 5.52. The van der Waals surface area contributed by atoms with E-state index in [1.807, 2.05) is 66.7 Å². The average molecular weight is 409 g/mol. The van der Waals surface area contributed by atoms with Crippen LogP contribution in [0.5, 0.6) is 0 Å². The fraction of sp³-hybridized carbons (Fsp3) is 0.160. The van der Waals surface area contributed by atoms with Crippen LogP contribution in [-0.4, -0.2) is 28.7 Å². The molecule has 0 saturated carbocycles. The molecular formula is C25H19N3O3. The standard InChI is InChI=1S/C25H19N3O3/c26-23(29)22-20-19(21-17-10-4-2-7-15(17)12-13-27(21)22)24(30)28(25(20)31)18-11-5-8-14-6-1-3-9-16(14)18/h1-13,19-22H,(H2,26,29)/t19-,20+,21-,22-/m0/s1. The zero-order valence-electron chi connectivity index (χ0n) is 16.5. The molecule has 0 aromatic heterocycles. The molecule has 0 unspecified atom stereocenters. The van der Waals surface area contributed by atoms with E-state index in [-0.39, 0.29) is 11.8 Å². The van der Waals surface area contributed by atoms with Crippen LogP contribution in [0.15, 0.2) is 72.9 Å². The Kier molecular flexibility index (Phi) is 3.63. The Balaban J connectivity index is 1.53. The van der Waals surface area contributed by atoms with E-state index in [1.54, 1.807) is 17.2 Å². The predicted octanol–water partition coefficient (Wildman–Crippen LogP) is 2.84. The maximum atomic E-state index is 13.8. The summed E-state index contributed by atoms with van der Waals surface area (Å²) in [6.45, 7) is 0. The van der Waals surface area contributed by atoms with Gasteiger partial charge >= 0.3 is 0 Å². The molecule has 0 spiro atoms. The summed E-state index contributed by atoms with van der Waals surface area (Å²) < 4.78 is 0. The van der Waals surface area contributed by atoms with Crippen LogP contribution < -0.4 is 10.6 Å². The van der Waals surface area contributed by atoms with Gasteiger partial charge in [-0.2, -0.15) is 0 Å². The van der Waals surface area contributed by atoms with E-state index < -0.39 is 29.8 Å². The molecule has 0 radical (unpaired) electrons. The van der Waals surface area contributed by atoms with Crippen molar-refractivity contribution in [3.8, 4) is 0 Å². The van der Waals surface area contributed by atoms with Gasteiger partial charge in [0, 0.05) is 11.6 Å². The lowest BCUT2D eigenvalue weighted by Crippen LogP contribution is -2.46. The number of hydrogen-bond acceptors (Lipinski definition) is 4. The SMILES string of the molecule is NC(=O)[C@@H]1[C@@H]2C(=O)N(c3cccc4ccccc34)C(=O)[C@@H]2[C@@H]2c3ccccc3C=CN12. The van der Waals surface area contributed by atoms with Gasteiger partial charge in [-0.1, -0.05) is 60.7 Å². The largest absolute Gasteiger partial charge is 0.368 e. The summed E-state index contributed by atoms with van der Waals surface area (Å²) in [5, 5.41) is 1.76. The molecule has 6 heteroatoms. The van der Waals surface area contributed by atoms with E-state index in [1.165, 1.54) is 4.90 Å². The molecule has 2 saturated heterocycles. The Labute approximate surface area is 178 Å². The summed E-state index contributed by atoms with van der Waals surface area (Å²) in [5.74, 6) is -2.73. The third-order valence-electron chi connectivity index (χ3n) is 6.76. The Hall–Kier alpha value is -3.93. The molecule has 2 N–H and O–H groups in total. The number of primary amides is 1. The monoisotopic (exact) mass is 409 g/mol. The van der Waals surface area contributed by atoms with Gasteiger partial charge in [0.25, 0.3) is 0 Å². The number of carbonyl (C=O) groups excluding carboxylic acids is 3. The van der Waals surface area contributed by atoms with E-state index in [4.69, 9.17) is 5.73 Å². The minimum atomic E-state index is -0.865. The molecule has 3 aromatic carbocycles. The lowest BCUT2D eigenvalue weighted by Gasteiger charge is -2.34. The van der Waals surface area contributed by atoms with Crippen molar-refractivity contribution >= 4 is 40.3 Å². The van der Waals surface area contributed by atoms with Gasteiger partial charge in [0.05, 0.1) is 23.6 Å². The van der Waals surface area contributed by atoms with Crippen LogP contribution in [-0.2, 0) is 14.4 Å². The van der Waals surface area contributed by atoms with Gasteiger partial charge in [0.15, 0.2) is 0 Å². The quantitative estimate of drug-likeness (QED) is 0.660. The minimum absolute atomic E-state index is 0.282. The molecule has 3 amide bonds. The van der Waals surface area contributed by atoms with Crippen molar-refractivity contribution in [1.82, 2.24) is 4.90 Å². The fourth-order valence-electron chi connectivity index (χ4n) is 5.52. The van der Waals surface area contributed by atoms with Gasteiger partial charge in [-0.3, -0.25) is 14.4 Å². The highest BCUT2D eigenvalue weighted by molar-refractivity contribution is 6.26. The van der Waals surface area contributed by atoms with E-state index in [9.17, 15) is 14.4 Å². The van der Waals surface area contributed by atoms with Gasteiger partial charge in [-0.25, -0.2) is 4.90 Å². The smallest absolute Gasteiger partial charge is 0.240 e. The molecule has 2 fully saturated rings. The summed E-state index contributed by atoms with van der Waals surface area (Å²) in [6.07, 6.45) is 3.70. The normalized spacial score (nSPS) is 26.2. The van der Waals surface area contributed by atoms with Gasteiger partial charge in [0.2, 0.25) is 17.7 Å². The zero-order chi connectivity index (χ0) is 21.3. The lowest BCUT2D eigenvalue weighted by atomic mass is 9.84. The average Bonchev–Trinajstić information content (AvgIpc) is 3.26. The second kappa shape index (κ2) is 6.28. The van der Waals surface area contributed by atoms with Gasteiger partial charge < -0.3 is 10.6 Å². The lowest BCUT2D eigenvalue weighted by molar-refractivity contribution is -0.129. The first kappa shape index (κ1) is 17.9. The molecule has 0 bridgehead atoms. The van der Waals surface area contributed by atoms with Crippen LogP contribution in [0.1, 0.15) is 17.2 Å². The second-order valence-corrected chi connectivity index (χ2v) is 8.25. The summed E-state index contributed by atoms with van der Waals surface area (Å²) in [6, 6.07) is 19.7.